The normalized spacial score (nSPS) is 39.0. The van der Waals surface area contributed by atoms with Crippen molar-refractivity contribution in [3.63, 3.8) is 0 Å². The van der Waals surface area contributed by atoms with Crippen LogP contribution in [0.4, 0.5) is 0 Å². The van der Waals surface area contributed by atoms with Crippen molar-refractivity contribution in [3.05, 3.63) is 12.2 Å². The molecule has 0 amide bonds. The minimum atomic E-state index is 0. The summed E-state index contributed by atoms with van der Waals surface area (Å²) in [5.41, 5.74) is 0. The van der Waals surface area contributed by atoms with E-state index in [1.807, 2.05) is 0 Å². The second-order valence-electron chi connectivity index (χ2n) is 4.28. The third kappa shape index (κ3) is 2.78. The molecule has 0 spiro atoms. The van der Waals surface area contributed by atoms with Gasteiger partial charge in [-0.1, -0.05) is 44.4 Å². The van der Waals surface area contributed by atoms with E-state index in [1.54, 1.807) is 0 Å². The SMILES string of the molecule is [CH2-]CC1CCC2CCCCC2[N-]1.[Ir]. The monoisotopic (exact) mass is 358 g/mol. The fraction of sp³-hybridized carbons (Fsp3) is 0.909. The standard InChI is InChI=1S/C11H19N.Ir/c1-2-10-8-7-9-5-3-4-6-11(9)12-10;/h9-11H,1-8H2;/q-2;. The molecule has 1 radical (unpaired) electrons. The Bertz CT molecular complexity index is 149. The smallest absolute Gasteiger partial charge is 0 e. The molecule has 3 unspecified atom stereocenters. The Morgan fingerprint density at radius 2 is 1.85 bits per heavy atom. The molecule has 0 aromatic carbocycles. The van der Waals surface area contributed by atoms with Crippen molar-refractivity contribution in [1.82, 2.24) is 0 Å². The molecule has 2 heteroatoms. The van der Waals surface area contributed by atoms with Gasteiger partial charge in [-0.2, -0.15) is 12.5 Å². The molecule has 1 saturated carbocycles. The maximum Gasteiger partial charge on any atom is 0 e. The van der Waals surface area contributed by atoms with Crippen LogP contribution < -0.4 is 0 Å². The van der Waals surface area contributed by atoms with Crippen molar-refractivity contribution in [2.24, 2.45) is 5.92 Å². The third-order valence-electron chi connectivity index (χ3n) is 3.48. The van der Waals surface area contributed by atoms with Gasteiger partial charge in [0.2, 0.25) is 0 Å². The van der Waals surface area contributed by atoms with Gasteiger partial charge in [-0.25, -0.2) is 0 Å². The fourth-order valence-electron chi connectivity index (χ4n) is 2.69. The minimum absolute atomic E-state index is 0. The Morgan fingerprint density at radius 1 is 1.08 bits per heavy atom. The maximum absolute atomic E-state index is 4.86. The molecule has 0 N–H and O–H groups in total. The van der Waals surface area contributed by atoms with Crippen molar-refractivity contribution in [2.75, 3.05) is 0 Å². The Balaban J connectivity index is 0.000000845. The number of fused-ring (bicyclic) bond motifs is 1. The summed E-state index contributed by atoms with van der Waals surface area (Å²) >= 11 is 0. The van der Waals surface area contributed by atoms with Crippen LogP contribution >= 0.6 is 0 Å². The molecule has 2 fully saturated rings. The molecule has 0 bridgehead atoms. The van der Waals surface area contributed by atoms with Crippen LogP contribution in [0.1, 0.15) is 44.9 Å². The minimum Gasteiger partial charge on any atom is -0.659 e. The number of rotatable bonds is 1. The summed E-state index contributed by atoms with van der Waals surface area (Å²) in [7, 11) is 0. The van der Waals surface area contributed by atoms with Crippen LogP contribution in [0.3, 0.4) is 0 Å². The van der Waals surface area contributed by atoms with Crippen molar-refractivity contribution < 1.29 is 20.1 Å². The van der Waals surface area contributed by atoms with Gasteiger partial charge in [0.15, 0.2) is 0 Å². The van der Waals surface area contributed by atoms with Crippen LogP contribution in [0, 0.1) is 12.8 Å². The van der Waals surface area contributed by atoms with E-state index < -0.39 is 0 Å². The molecule has 3 atom stereocenters. The van der Waals surface area contributed by atoms with Crippen LogP contribution in [0.15, 0.2) is 0 Å². The second kappa shape index (κ2) is 5.48. The number of hydrogen-bond acceptors (Lipinski definition) is 0. The molecule has 1 nitrogen and oxygen atoms in total. The Kier molecular flexibility index (Phi) is 4.93. The largest absolute Gasteiger partial charge is 0.659 e. The summed E-state index contributed by atoms with van der Waals surface area (Å²) in [4.78, 5) is 0. The third-order valence-corrected chi connectivity index (χ3v) is 3.48. The Labute approximate surface area is 95.4 Å². The molecule has 13 heavy (non-hydrogen) atoms. The molecule has 2 rings (SSSR count). The summed E-state index contributed by atoms with van der Waals surface area (Å²) in [6.07, 6.45) is 9.42. The molecule has 2 aliphatic rings. The van der Waals surface area contributed by atoms with Crippen molar-refractivity contribution >= 4 is 0 Å². The molecule has 1 aliphatic carbocycles. The zero-order valence-corrected chi connectivity index (χ0v) is 10.6. The molecule has 0 aromatic rings. The van der Waals surface area contributed by atoms with E-state index in [9.17, 15) is 0 Å². The van der Waals surface area contributed by atoms with Gasteiger partial charge in [0, 0.05) is 20.1 Å². The van der Waals surface area contributed by atoms with E-state index >= 15 is 0 Å². The summed E-state index contributed by atoms with van der Waals surface area (Å²) in [5, 5.41) is 4.86. The Morgan fingerprint density at radius 3 is 2.62 bits per heavy atom. The number of nitrogens with zero attached hydrogens (tertiary/aromatic N) is 1. The fourth-order valence-corrected chi connectivity index (χ4v) is 2.69. The predicted molar refractivity (Wildman–Crippen MR) is 52.1 cm³/mol. The summed E-state index contributed by atoms with van der Waals surface area (Å²) in [5.74, 6) is 0.946. The van der Waals surface area contributed by atoms with Crippen molar-refractivity contribution in [1.29, 1.82) is 0 Å². The predicted octanol–water partition coefficient (Wildman–Crippen LogP) is 3.30. The van der Waals surface area contributed by atoms with E-state index in [4.69, 9.17) is 5.32 Å². The first-order chi connectivity index (χ1) is 5.90. The summed E-state index contributed by atoms with van der Waals surface area (Å²) in [6.45, 7) is 3.95. The molecule has 1 heterocycles. The van der Waals surface area contributed by atoms with E-state index in [0.717, 1.165) is 18.4 Å². The number of hydrogen-bond donors (Lipinski definition) is 0. The van der Waals surface area contributed by atoms with Crippen LogP contribution in [-0.4, -0.2) is 12.1 Å². The van der Waals surface area contributed by atoms with Gasteiger partial charge in [-0.3, -0.25) is 0 Å². The van der Waals surface area contributed by atoms with Gasteiger partial charge in [0.25, 0.3) is 0 Å². The molecule has 1 aliphatic heterocycles. The average Bonchev–Trinajstić information content (AvgIpc) is 2.17. The van der Waals surface area contributed by atoms with Gasteiger partial charge in [0.1, 0.15) is 0 Å². The van der Waals surface area contributed by atoms with E-state index in [1.165, 1.54) is 38.5 Å². The van der Waals surface area contributed by atoms with Crippen LogP contribution in [0.2, 0.25) is 0 Å². The molecular formula is C11H19IrN-2. The maximum atomic E-state index is 4.86. The van der Waals surface area contributed by atoms with Gasteiger partial charge in [-0.15, -0.1) is 6.04 Å². The first-order valence-electron chi connectivity index (χ1n) is 5.39. The van der Waals surface area contributed by atoms with E-state index in [2.05, 4.69) is 6.92 Å². The summed E-state index contributed by atoms with van der Waals surface area (Å²) < 4.78 is 0. The average molecular weight is 357 g/mol. The summed E-state index contributed by atoms with van der Waals surface area (Å²) in [6, 6.07) is 1.32. The van der Waals surface area contributed by atoms with Crippen LogP contribution in [-0.2, 0) is 20.1 Å². The van der Waals surface area contributed by atoms with Crippen LogP contribution in [0.5, 0.6) is 0 Å². The zero-order chi connectivity index (χ0) is 8.39. The number of piperidine rings is 1. The van der Waals surface area contributed by atoms with Gasteiger partial charge in [-0.05, 0) is 0 Å². The quantitative estimate of drug-likeness (QED) is 0.640. The molecule has 0 aromatic heterocycles. The first-order valence-corrected chi connectivity index (χ1v) is 5.39. The van der Waals surface area contributed by atoms with E-state index in [-0.39, 0.29) is 20.1 Å². The van der Waals surface area contributed by atoms with Crippen LogP contribution in [0.25, 0.3) is 5.32 Å². The molecular weight excluding hydrogens is 338 g/mol. The topological polar surface area (TPSA) is 14.1 Å². The van der Waals surface area contributed by atoms with Gasteiger partial charge < -0.3 is 12.2 Å². The Hall–Kier alpha value is 0.609. The van der Waals surface area contributed by atoms with Crippen molar-refractivity contribution in [2.45, 2.75) is 57.0 Å². The van der Waals surface area contributed by atoms with Gasteiger partial charge >= 0.3 is 0 Å². The van der Waals surface area contributed by atoms with Gasteiger partial charge in [0.05, 0.1) is 0 Å². The second-order valence-corrected chi connectivity index (χ2v) is 4.28. The van der Waals surface area contributed by atoms with Crippen molar-refractivity contribution in [3.8, 4) is 0 Å². The first kappa shape index (κ1) is 11.7. The van der Waals surface area contributed by atoms with E-state index in [0.29, 0.717) is 6.04 Å². The molecule has 1 saturated heterocycles. The zero-order valence-electron chi connectivity index (χ0n) is 8.17. The molecule has 79 valence electrons.